The highest BCUT2D eigenvalue weighted by Gasteiger charge is 2.16. The third-order valence-corrected chi connectivity index (χ3v) is 3.34. The topological polar surface area (TPSA) is 72.7 Å². The van der Waals surface area contributed by atoms with Gasteiger partial charge in [0.2, 0.25) is 0 Å². The molecule has 0 heterocycles. The van der Waals surface area contributed by atoms with Crippen molar-refractivity contribution < 1.29 is 15.3 Å². The number of nitrogens with one attached hydrogen (secondary N) is 1. The van der Waals surface area contributed by atoms with Gasteiger partial charge in [-0.25, -0.2) is 0 Å². The highest BCUT2D eigenvalue weighted by Crippen LogP contribution is 2.27. The molecule has 0 aromatic heterocycles. The zero-order valence-corrected chi connectivity index (χ0v) is 11.0. The molecule has 2 rings (SSSR count). The van der Waals surface area contributed by atoms with Crippen LogP contribution in [0.2, 0.25) is 0 Å². The fraction of sp³-hybridized carbons (Fsp3) is 0.538. The molecular formula is C13H20ClNO3. The SMILES string of the molecule is Cl.Oc1ccc(C(O)CNC2CCCC2)cc1O. The molecule has 1 atom stereocenters. The van der Waals surface area contributed by atoms with Gasteiger partial charge in [-0.1, -0.05) is 18.9 Å². The van der Waals surface area contributed by atoms with E-state index in [0.29, 0.717) is 18.2 Å². The van der Waals surface area contributed by atoms with Crippen molar-refractivity contribution in [1.29, 1.82) is 0 Å². The van der Waals surface area contributed by atoms with Gasteiger partial charge in [0.15, 0.2) is 11.5 Å². The lowest BCUT2D eigenvalue weighted by molar-refractivity contribution is 0.169. The minimum absolute atomic E-state index is 0. The average Bonchev–Trinajstić information content (AvgIpc) is 2.82. The summed E-state index contributed by atoms with van der Waals surface area (Å²) in [5.41, 5.74) is 0.616. The lowest BCUT2D eigenvalue weighted by Gasteiger charge is -2.16. The molecule has 18 heavy (non-hydrogen) atoms. The number of phenols is 2. The number of aliphatic hydroxyl groups excluding tert-OH is 1. The van der Waals surface area contributed by atoms with Crippen molar-refractivity contribution in [2.75, 3.05) is 6.54 Å². The Kier molecular flexibility index (Phi) is 5.72. The summed E-state index contributed by atoms with van der Waals surface area (Å²) in [7, 11) is 0. The number of hydrogen-bond acceptors (Lipinski definition) is 4. The Morgan fingerprint density at radius 2 is 1.83 bits per heavy atom. The van der Waals surface area contributed by atoms with Gasteiger partial charge < -0.3 is 20.6 Å². The Hall–Kier alpha value is -0.970. The first-order valence-electron chi connectivity index (χ1n) is 6.10. The molecule has 1 fully saturated rings. The van der Waals surface area contributed by atoms with Gasteiger partial charge in [-0.2, -0.15) is 0 Å². The first kappa shape index (κ1) is 15.1. The highest BCUT2D eigenvalue weighted by molar-refractivity contribution is 5.85. The summed E-state index contributed by atoms with van der Waals surface area (Å²) in [6, 6.07) is 4.92. The minimum Gasteiger partial charge on any atom is -0.504 e. The van der Waals surface area contributed by atoms with Gasteiger partial charge >= 0.3 is 0 Å². The summed E-state index contributed by atoms with van der Waals surface area (Å²) in [4.78, 5) is 0. The predicted molar refractivity (Wildman–Crippen MR) is 72.2 cm³/mol. The van der Waals surface area contributed by atoms with Crippen LogP contribution in [0, 0.1) is 0 Å². The van der Waals surface area contributed by atoms with Crippen LogP contribution in [0.3, 0.4) is 0 Å². The maximum Gasteiger partial charge on any atom is 0.157 e. The molecule has 0 spiro atoms. The van der Waals surface area contributed by atoms with E-state index < -0.39 is 6.10 Å². The van der Waals surface area contributed by atoms with Gasteiger partial charge in [0.1, 0.15) is 0 Å². The van der Waals surface area contributed by atoms with Crippen LogP contribution < -0.4 is 5.32 Å². The number of aliphatic hydroxyl groups is 1. The van der Waals surface area contributed by atoms with Crippen LogP contribution >= 0.6 is 12.4 Å². The van der Waals surface area contributed by atoms with E-state index in [1.54, 1.807) is 6.07 Å². The maximum absolute atomic E-state index is 9.94. The number of halogens is 1. The quantitative estimate of drug-likeness (QED) is 0.634. The largest absolute Gasteiger partial charge is 0.504 e. The fourth-order valence-electron chi connectivity index (χ4n) is 2.27. The number of hydrogen-bond donors (Lipinski definition) is 4. The number of phenolic OH excluding ortho intramolecular Hbond substituents is 2. The molecule has 0 saturated heterocycles. The van der Waals surface area contributed by atoms with Crippen LogP contribution in [-0.2, 0) is 0 Å². The van der Waals surface area contributed by atoms with Crippen LogP contribution in [0.4, 0.5) is 0 Å². The van der Waals surface area contributed by atoms with Gasteiger partial charge in [-0.05, 0) is 30.5 Å². The summed E-state index contributed by atoms with van der Waals surface area (Å²) < 4.78 is 0. The van der Waals surface area contributed by atoms with E-state index in [1.165, 1.54) is 37.8 Å². The molecule has 1 saturated carbocycles. The smallest absolute Gasteiger partial charge is 0.157 e. The van der Waals surface area contributed by atoms with Gasteiger partial charge in [-0.15, -0.1) is 12.4 Å². The molecule has 0 bridgehead atoms. The van der Waals surface area contributed by atoms with Crippen molar-refractivity contribution in [2.45, 2.75) is 37.8 Å². The molecule has 0 amide bonds. The Bertz CT molecular complexity index is 380. The van der Waals surface area contributed by atoms with Crippen molar-refractivity contribution in [2.24, 2.45) is 0 Å². The maximum atomic E-state index is 9.94. The molecular weight excluding hydrogens is 254 g/mol. The first-order valence-corrected chi connectivity index (χ1v) is 6.10. The van der Waals surface area contributed by atoms with E-state index in [1.807, 2.05) is 0 Å². The van der Waals surface area contributed by atoms with Gasteiger partial charge in [0.05, 0.1) is 6.10 Å². The summed E-state index contributed by atoms with van der Waals surface area (Å²) >= 11 is 0. The van der Waals surface area contributed by atoms with Gasteiger partial charge in [0.25, 0.3) is 0 Å². The van der Waals surface area contributed by atoms with Crippen LogP contribution in [-0.4, -0.2) is 27.9 Å². The van der Waals surface area contributed by atoms with E-state index >= 15 is 0 Å². The molecule has 4 N–H and O–H groups in total. The zero-order chi connectivity index (χ0) is 12.3. The molecule has 0 radical (unpaired) electrons. The van der Waals surface area contributed by atoms with Crippen molar-refractivity contribution in [3.63, 3.8) is 0 Å². The number of aromatic hydroxyl groups is 2. The van der Waals surface area contributed by atoms with E-state index in [0.717, 1.165) is 0 Å². The van der Waals surface area contributed by atoms with Gasteiger partial charge in [0, 0.05) is 12.6 Å². The molecule has 1 aromatic rings. The molecule has 1 aliphatic rings. The van der Waals surface area contributed by atoms with Crippen LogP contribution in [0.15, 0.2) is 18.2 Å². The first-order chi connectivity index (χ1) is 8.16. The van der Waals surface area contributed by atoms with Crippen molar-refractivity contribution >= 4 is 12.4 Å². The summed E-state index contributed by atoms with van der Waals surface area (Å²) in [5.74, 6) is -0.355. The lowest BCUT2D eigenvalue weighted by atomic mass is 10.1. The second kappa shape index (κ2) is 6.83. The summed E-state index contributed by atoms with van der Waals surface area (Å²) in [5, 5.41) is 31.8. The van der Waals surface area contributed by atoms with Crippen LogP contribution in [0.1, 0.15) is 37.4 Å². The highest BCUT2D eigenvalue weighted by atomic mass is 35.5. The molecule has 5 heteroatoms. The number of benzene rings is 1. The van der Waals surface area contributed by atoms with Crippen molar-refractivity contribution in [3.8, 4) is 11.5 Å². The Labute approximate surface area is 113 Å². The Morgan fingerprint density at radius 1 is 1.17 bits per heavy atom. The fourth-order valence-corrected chi connectivity index (χ4v) is 2.27. The van der Waals surface area contributed by atoms with Crippen LogP contribution in [0.25, 0.3) is 0 Å². The zero-order valence-electron chi connectivity index (χ0n) is 10.2. The lowest BCUT2D eigenvalue weighted by Crippen LogP contribution is -2.30. The van der Waals surface area contributed by atoms with Crippen molar-refractivity contribution in [1.82, 2.24) is 5.32 Å². The normalized spacial score (nSPS) is 17.4. The van der Waals surface area contributed by atoms with E-state index in [4.69, 9.17) is 0 Å². The molecule has 1 unspecified atom stereocenters. The molecule has 1 aliphatic carbocycles. The van der Waals surface area contributed by atoms with Gasteiger partial charge in [-0.3, -0.25) is 0 Å². The monoisotopic (exact) mass is 273 g/mol. The standard InChI is InChI=1S/C13H19NO3.ClH/c15-11-6-5-9(7-12(11)16)13(17)8-14-10-3-1-2-4-10;/h5-7,10,13-17H,1-4,8H2;1H. The molecule has 0 aliphatic heterocycles. The Morgan fingerprint density at radius 3 is 2.44 bits per heavy atom. The van der Waals surface area contributed by atoms with E-state index in [9.17, 15) is 15.3 Å². The third-order valence-electron chi connectivity index (χ3n) is 3.34. The molecule has 102 valence electrons. The second-order valence-electron chi connectivity index (χ2n) is 4.65. The molecule has 4 nitrogen and oxygen atoms in total. The second-order valence-corrected chi connectivity index (χ2v) is 4.65. The average molecular weight is 274 g/mol. The third kappa shape index (κ3) is 3.77. The van der Waals surface area contributed by atoms with Crippen molar-refractivity contribution in [3.05, 3.63) is 23.8 Å². The van der Waals surface area contributed by atoms with E-state index in [2.05, 4.69) is 5.32 Å². The summed E-state index contributed by atoms with van der Waals surface area (Å²) in [6.45, 7) is 0.481. The molecule has 1 aromatic carbocycles. The minimum atomic E-state index is -0.651. The van der Waals surface area contributed by atoms with Crippen LogP contribution in [0.5, 0.6) is 11.5 Å². The summed E-state index contributed by atoms with van der Waals surface area (Å²) in [6.07, 6.45) is 4.21. The van der Waals surface area contributed by atoms with E-state index in [-0.39, 0.29) is 23.9 Å². The Balaban J connectivity index is 0.00000162. The predicted octanol–water partition coefficient (Wildman–Crippen LogP) is 2.09. The number of rotatable bonds is 4.